The fourth-order valence-corrected chi connectivity index (χ4v) is 3.98. The molecule has 0 bridgehead atoms. The number of phenols is 1. The van der Waals surface area contributed by atoms with E-state index in [1.807, 2.05) is 6.07 Å². The minimum Gasteiger partial charge on any atom is -0.506 e. The van der Waals surface area contributed by atoms with Gasteiger partial charge in [-0.2, -0.15) is 0 Å². The Labute approximate surface area is 185 Å². The lowest BCUT2D eigenvalue weighted by atomic mass is 10.0. The zero-order valence-corrected chi connectivity index (χ0v) is 17.5. The smallest absolute Gasteiger partial charge is 0.296 e. The first-order valence-corrected chi connectivity index (χ1v) is 10.3. The molecule has 32 heavy (non-hydrogen) atoms. The fraction of sp³-hybridized carbons (Fsp3) is 0.292. The summed E-state index contributed by atoms with van der Waals surface area (Å²) in [5, 5.41) is 25.3. The monoisotopic (exact) mass is 433 g/mol. The minimum absolute atomic E-state index is 0.0586. The first-order valence-electron chi connectivity index (χ1n) is 10.3. The highest BCUT2D eigenvalue weighted by Gasteiger charge is 2.38. The van der Waals surface area contributed by atoms with Gasteiger partial charge < -0.3 is 25.7 Å². The zero-order chi connectivity index (χ0) is 22.8. The number of carbonyl (C=O) groups is 3. The zero-order valence-electron chi connectivity index (χ0n) is 17.5. The SMILES string of the molecule is Cc1cccc(C#CC(=O)NCc2ccc3c(c2)CN(C2CCC(=O)NC2O)C3=O)c1O. The molecule has 2 aliphatic heterocycles. The number of amides is 3. The van der Waals surface area contributed by atoms with Crippen LogP contribution >= 0.6 is 0 Å². The summed E-state index contributed by atoms with van der Waals surface area (Å²) in [5.74, 6) is 4.31. The second kappa shape index (κ2) is 8.73. The summed E-state index contributed by atoms with van der Waals surface area (Å²) in [6.45, 7) is 2.32. The van der Waals surface area contributed by atoms with Crippen molar-refractivity contribution in [1.29, 1.82) is 0 Å². The number of aliphatic hydroxyl groups excluding tert-OH is 1. The van der Waals surface area contributed by atoms with E-state index in [4.69, 9.17) is 0 Å². The van der Waals surface area contributed by atoms with Crippen molar-refractivity contribution in [3.05, 3.63) is 64.2 Å². The van der Waals surface area contributed by atoms with E-state index < -0.39 is 18.2 Å². The van der Waals surface area contributed by atoms with E-state index in [1.165, 1.54) is 0 Å². The van der Waals surface area contributed by atoms with Gasteiger partial charge in [0, 0.05) is 31.0 Å². The molecule has 2 aromatic carbocycles. The molecule has 2 aliphatic rings. The number of nitrogens with one attached hydrogen (secondary N) is 2. The number of hydrogen-bond acceptors (Lipinski definition) is 5. The van der Waals surface area contributed by atoms with Gasteiger partial charge in [0.05, 0.1) is 11.6 Å². The van der Waals surface area contributed by atoms with Gasteiger partial charge in [0.15, 0.2) is 0 Å². The molecular weight excluding hydrogens is 410 g/mol. The summed E-state index contributed by atoms with van der Waals surface area (Å²) in [6, 6.07) is 10.0. The summed E-state index contributed by atoms with van der Waals surface area (Å²) < 4.78 is 0. The van der Waals surface area contributed by atoms with Crippen LogP contribution in [0.25, 0.3) is 0 Å². The number of aryl methyl sites for hydroxylation is 1. The third kappa shape index (κ3) is 4.29. The number of aromatic hydroxyl groups is 1. The Morgan fingerprint density at radius 3 is 2.88 bits per heavy atom. The third-order valence-corrected chi connectivity index (χ3v) is 5.74. The molecule has 2 unspecified atom stereocenters. The fourth-order valence-electron chi connectivity index (χ4n) is 3.98. The van der Waals surface area contributed by atoms with E-state index in [1.54, 1.807) is 42.2 Å². The maximum absolute atomic E-state index is 12.8. The molecule has 1 saturated heterocycles. The van der Waals surface area contributed by atoms with Gasteiger partial charge in [-0.25, -0.2) is 0 Å². The molecule has 0 radical (unpaired) electrons. The molecule has 0 aromatic heterocycles. The standard InChI is InChI=1S/C24H23N3O5/c1-14-3-2-4-16(22(14)30)6-9-20(28)25-12-15-5-7-18-17(11-15)13-27(24(18)32)19-8-10-21(29)26-23(19)31/h2-5,7,11,19,23,30-31H,8,10,12-13H2,1H3,(H,25,28)(H,26,29). The largest absolute Gasteiger partial charge is 0.506 e. The van der Waals surface area contributed by atoms with Gasteiger partial charge in [-0.15, -0.1) is 0 Å². The molecule has 1 fully saturated rings. The normalized spacial score (nSPS) is 19.6. The quantitative estimate of drug-likeness (QED) is 0.537. The van der Waals surface area contributed by atoms with Crippen molar-refractivity contribution in [2.75, 3.05) is 0 Å². The average molecular weight is 433 g/mol. The van der Waals surface area contributed by atoms with Crippen LogP contribution in [-0.2, 0) is 22.7 Å². The molecule has 164 valence electrons. The van der Waals surface area contributed by atoms with Gasteiger partial charge in [0.1, 0.15) is 12.0 Å². The molecule has 4 N–H and O–H groups in total. The molecule has 2 aromatic rings. The van der Waals surface area contributed by atoms with Crippen LogP contribution in [0.3, 0.4) is 0 Å². The number of aliphatic hydroxyl groups is 1. The molecular formula is C24H23N3O5. The van der Waals surface area contributed by atoms with Crippen LogP contribution in [0.5, 0.6) is 5.75 Å². The van der Waals surface area contributed by atoms with Crippen molar-refractivity contribution in [2.45, 2.75) is 45.1 Å². The maximum atomic E-state index is 12.8. The van der Waals surface area contributed by atoms with Crippen LogP contribution in [0.15, 0.2) is 36.4 Å². The topological polar surface area (TPSA) is 119 Å². The van der Waals surface area contributed by atoms with E-state index >= 15 is 0 Å². The Bertz CT molecular complexity index is 1160. The number of phenolic OH excluding ortho intramolecular Hbond substituents is 1. The lowest BCUT2D eigenvalue weighted by Gasteiger charge is -2.35. The van der Waals surface area contributed by atoms with E-state index in [2.05, 4.69) is 22.5 Å². The summed E-state index contributed by atoms with van der Waals surface area (Å²) in [5.41, 5.74) is 3.24. The molecule has 4 rings (SSSR count). The van der Waals surface area contributed by atoms with Gasteiger partial charge in [-0.05, 0) is 42.2 Å². The molecule has 0 aliphatic carbocycles. The lowest BCUT2D eigenvalue weighted by molar-refractivity contribution is -0.129. The number of carbonyl (C=O) groups excluding carboxylic acids is 3. The molecule has 8 nitrogen and oxygen atoms in total. The summed E-state index contributed by atoms with van der Waals surface area (Å²) >= 11 is 0. The van der Waals surface area contributed by atoms with Crippen molar-refractivity contribution in [1.82, 2.24) is 15.5 Å². The first kappa shape index (κ1) is 21.4. The number of fused-ring (bicyclic) bond motifs is 1. The first-order chi connectivity index (χ1) is 15.3. The lowest BCUT2D eigenvalue weighted by Crippen LogP contribution is -2.55. The molecule has 2 atom stereocenters. The second-order valence-corrected chi connectivity index (χ2v) is 7.95. The second-order valence-electron chi connectivity index (χ2n) is 7.95. The Morgan fingerprint density at radius 2 is 2.09 bits per heavy atom. The Kier molecular flexibility index (Phi) is 5.84. The van der Waals surface area contributed by atoms with Crippen LogP contribution in [0.4, 0.5) is 0 Å². The number of para-hydroxylation sites is 1. The van der Waals surface area contributed by atoms with Gasteiger partial charge >= 0.3 is 0 Å². The highest BCUT2D eigenvalue weighted by Crippen LogP contribution is 2.29. The summed E-state index contributed by atoms with van der Waals surface area (Å²) in [4.78, 5) is 37.9. The highest BCUT2D eigenvalue weighted by atomic mass is 16.3. The van der Waals surface area contributed by atoms with Crippen LogP contribution in [0.1, 0.15) is 45.5 Å². The van der Waals surface area contributed by atoms with Gasteiger partial charge in [0.25, 0.3) is 11.8 Å². The molecule has 3 amide bonds. The van der Waals surface area contributed by atoms with Crippen LogP contribution in [-0.4, -0.2) is 45.1 Å². The van der Waals surface area contributed by atoms with E-state index in [-0.39, 0.29) is 30.5 Å². The van der Waals surface area contributed by atoms with E-state index in [0.29, 0.717) is 29.7 Å². The summed E-state index contributed by atoms with van der Waals surface area (Å²) in [6.07, 6.45) is -0.412. The Balaban J connectivity index is 1.39. The number of piperidine rings is 1. The van der Waals surface area contributed by atoms with Crippen LogP contribution in [0, 0.1) is 18.8 Å². The molecule has 8 heteroatoms. The van der Waals surface area contributed by atoms with Gasteiger partial charge in [0.2, 0.25) is 5.91 Å². The van der Waals surface area contributed by atoms with Crippen molar-refractivity contribution < 1.29 is 24.6 Å². The molecule has 0 spiro atoms. The van der Waals surface area contributed by atoms with E-state index in [9.17, 15) is 24.6 Å². The average Bonchev–Trinajstić information content (AvgIpc) is 3.09. The van der Waals surface area contributed by atoms with Crippen molar-refractivity contribution >= 4 is 17.7 Å². The number of hydrogen-bond donors (Lipinski definition) is 4. The van der Waals surface area contributed by atoms with Gasteiger partial charge in [-0.3, -0.25) is 14.4 Å². The number of benzene rings is 2. The van der Waals surface area contributed by atoms with Crippen molar-refractivity contribution in [2.24, 2.45) is 0 Å². The van der Waals surface area contributed by atoms with Crippen LogP contribution < -0.4 is 10.6 Å². The predicted molar refractivity (Wildman–Crippen MR) is 115 cm³/mol. The maximum Gasteiger partial charge on any atom is 0.296 e. The minimum atomic E-state index is -1.08. The Hall–Kier alpha value is -3.83. The number of nitrogens with zero attached hydrogens (tertiary/aromatic N) is 1. The molecule has 0 saturated carbocycles. The van der Waals surface area contributed by atoms with Crippen molar-refractivity contribution in [3.8, 4) is 17.6 Å². The summed E-state index contributed by atoms with van der Waals surface area (Å²) in [7, 11) is 0. The Morgan fingerprint density at radius 1 is 1.28 bits per heavy atom. The highest BCUT2D eigenvalue weighted by molar-refractivity contribution is 5.99. The molecule has 2 heterocycles. The number of rotatable bonds is 3. The van der Waals surface area contributed by atoms with Gasteiger partial charge in [-0.1, -0.05) is 30.2 Å². The third-order valence-electron chi connectivity index (χ3n) is 5.74. The van der Waals surface area contributed by atoms with E-state index in [0.717, 1.165) is 11.1 Å². The van der Waals surface area contributed by atoms with Crippen molar-refractivity contribution in [3.63, 3.8) is 0 Å². The van der Waals surface area contributed by atoms with Crippen LogP contribution in [0.2, 0.25) is 0 Å². The predicted octanol–water partition coefficient (Wildman–Crippen LogP) is 0.921.